The second-order valence-electron chi connectivity index (χ2n) is 5.73. The highest BCUT2D eigenvalue weighted by molar-refractivity contribution is 7.98. The van der Waals surface area contributed by atoms with Gasteiger partial charge in [-0.05, 0) is 36.6 Å². The molecule has 0 saturated carbocycles. The van der Waals surface area contributed by atoms with Crippen LogP contribution in [0.25, 0.3) is 0 Å². The first-order valence-electron chi connectivity index (χ1n) is 6.90. The van der Waals surface area contributed by atoms with Crippen LogP contribution in [0.4, 0.5) is 0 Å². The van der Waals surface area contributed by atoms with Crippen LogP contribution in [-0.2, 0) is 5.75 Å². The molecule has 1 aromatic rings. The van der Waals surface area contributed by atoms with Gasteiger partial charge in [-0.2, -0.15) is 11.8 Å². The van der Waals surface area contributed by atoms with Crippen molar-refractivity contribution >= 4 is 17.6 Å². The second kappa shape index (κ2) is 7.59. The van der Waals surface area contributed by atoms with Crippen molar-refractivity contribution in [3.8, 4) is 0 Å². The molecule has 0 aromatic heterocycles. The quantitative estimate of drug-likeness (QED) is 0.421. The smallest absolute Gasteiger partial charge is 0.0963 e. The molecule has 0 spiro atoms. The summed E-state index contributed by atoms with van der Waals surface area (Å²) in [6.07, 6.45) is 3.36. The van der Waals surface area contributed by atoms with Crippen molar-refractivity contribution < 1.29 is 0 Å². The lowest BCUT2D eigenvalue weighted by molar-refractivity contribution is 0.448. The van der Waals surface area contributed by atoms with Crippen LogP contribution in [-0.4, -0.2) is 11.6 Å². The van der Waals surface area contributed by atoms with Crippen LogP contribution in [0, 0.1) is 17.7 Å². The van der Waals surface area contributed by atoms with Gasteiger partial charge in [-0.15, -0.1) is 0 Å². The van der Waals surface area contributed by atoms with Crippen LogP contribution in [0.5, 0.6) is 0 Å². The molecule has 0 atom stereocenters. The van der Waals surface area contributed by atoms with Crippen molar-refractivity contribution in [2.75, 3.05) is 5.75 Å². The number of thioether (sulfide) groups is 1. The van der Waals surface area contributed by atoms with E-state index in [1.807, 2.05) is 11.8 Å². The third-order valence-corrected chi connectivity index (χ3v) is 4.68. The normalized spacial score (nSPS) is 11.5. The van der Waals surface area contributed by atoms with Crippen LogP contribution in [0.15, 0.2) is 24.3 Å². The Morgan fingerprint density at radius 1 is 1.26 bits per heavy atom. The molecule has 1 rings (SSSR count). The molecule has 0 amide bonds. The van der Waals surface area contributed by atoms with E-state index in [4.69, 9.17) is 11.1 Å². The van der Waals surface area contributed by atoms with Gasteiger partial charge in [0.15, 0.2) is 0 Å². The fraction of sp³-hybridized carbons (Fsp3) is 0.562. The summed E-state index contributed by atoms with van der Waals surface area (Å²) in [5, 5.41) is 7.52. The van der Waals surface area contributed by atoms with E-state index in [9.17, 15) is 0 Å². The van der Waals surface area contributed by atoms with Crippen LogP contribution < -0.4 is 5.73 Å². The molecule has 106 valence electrons. The highest BCUT2D eigenvalue weighted by atomic mass is 32.2. The average Bonchev–Trinajstić information content (AvgIpc) is 2.35. The van der Waals surface area contributed by atoms with Gasteiger partial charge in [-0.25, -0.2) is 0 Å². The van der Waals surface area contributed by atoms with E-state index >= 15 is 0 Å². The Morgan fingerprint density at radius 3 is 2.58 bits per heavy atom. The van der Waals surface area contributed by atoms with Gasteiger partial charge in [0, 0.05) is 11.2 Å². The Labute approximate surface area is 121 Å². The molecule has 0 bridgehead atoms. The second-order valence-corrected chi connectivity index (χ2v) is 6.84. The lowest BCUT2D eigenvalue weighted by atomic mass is 9.86. The predicted octanol–water partition coefficient (Wildman–Crippen LogP) is 4.36. The van der Waals surface area contributed by atoms with Crippen LogP contribution in [0.2, 0.25) is 0 Å². The maximum absolute atomic E-state index is 7.52. The fourth-order valence-electron chi connectivity index (χ4n) is 1.86. The average molecular weight is 278 g/mol. The molecule has 0 aliphatic rings. The predicted molar refractivity (Wildman–Crippen MR) is 86.9 cm³/mol. The van der Waals surface area contributed by atoms with Crippen molar-refractivity contribution in [1.29, 1.82) is 5.41 Å². The minimum absolute atomic E-state index is 0.138. The first kappa shape index (κ1) is 16.1. The van der Waals surface area contributed by atoms with Crippen molar-refractivity contribution in [1.82, 2.24) is 0 Å². The summed E-state index contributed by atoms with van der Waals surface area (Å²) in [6.45, 7) is 6.27. The zero-order valence-electron chi connectivity index (χ0n) is 12.3. The van der Waals surface area contributed by atoms with Crippen LogP contribution in [0.3, 0.4) is 0 Å². The molecule has 0 saturated heterocycles. The number of benzene rings is 1. The van der Waals surface area contributed by atoms with E-state index in [-0.39, 0.29) is 5.41 Å². The molecule has 1 aromatic carbocycles. The maximum atomic E-state index is 7.52. The first-order valence-corrected chi connectivity index (χ1v) is 8.06. The number of aryl methyl sites for hydroxylation is 1. The number of hydrogen-bond acceptors (Lipinski definition) is 2. The summed E-state index contributed by atoms with van der Waals surface area (Å²) in [5.41, 5.74) is 8.27. The van der Waals surface area contributed by atoms with Crippen LogP contribution >= 0.6 is 11.8 Å². The summed E-state index contributed by atoms with van der Waals surface area (Å²) in [5.74, 6) is 2.59. The van der Waals surface area contributed by atoms with Crippen LogP contribution in [0.1, 0.15) is 44.2 Å². The largest absolute Gasteiger partial charge is 0.387 e. The molecule has 19 heavy (non-hydrogen) atoms. The van der Waals surface area contributed by atoms with Gasteiger partial charge >= 0.3 is 0 Å². The zero-order valence-corrected chi connectivity index (χ0v) is 13.1. The Bertz CT molecular complexity index is 413. The summed E-state index contributed by atoms with van der Waals surface area (Å²) in [6, 6.07) is 8.58. The molecule has 2 nitrogen and oxygen atoms in total. The summed E-state index contributed by atoms with van der Waals surface area (Å²) in [4.78, 5) is 0. The number of amidine groups is 1. The number of unbranched alkanes of at least 4 members (excludes halogenated alkanes) is 1. The lowest BCUT2D eigenvalue weighted by Gasteiger charge is -2.22. The summed E-state index contributed by atoms with van der Waals surface area (Å²) in [7, 11) is 0. The van der Waals surface area contributed by atoms with Gasteiger partial charge in [0.2, 0.25) is 0 Å². The first-order chi connectivity index (χ1) is 8.93. The molecule has 0 radical (unpaired) electrons. The highest BCUT2D eigenvalue weighted by Gasteiger charge is 2.20. The molecule has 0 aliphatic heterocycles. The minimum atomic E-state index is -0.138. The molecule has 0 heterocycles. The van der Waals surface area contributed by atoms with E-state index in [2.05, 4.69) is 45.0 Å². The van der Waals surface area contributed by atoms with Gasteiger partial charge in [-0.3, -0.25) is 5.41 Å². The molecule has 0 aliphatic carbocycles. The van der Waals surface area contributed by atoms with Crippen molar-refractivity contribution in [3.05, 3.63) is 35.4 Å². The number of hydrogen-bond donors (Lipinski definition) is 2. The molecular formula is C16H26N2S. The Hall–Kier alpha value is -0.960. The van der Waals surface area contributed by atoms with Crippen molar-refractivity contribution in [2.24, 2.45) is 11.1 Å². The summed E-state index contributed by atoms with van der Waals surface area (Å²) >= 11 is 1.99. The van der Waals surface area contributed by atoms with Gasteiger partial charge in [0.05, 0.1) is 5.84 Å². The molecule has 3 N–H and O–H groups in total. The molecular weight excluding hydrogens is 252 g/mol. The highest BCUT2D eigenvalue weighted by Crippen LogP contribution is 2.24. The lowest BCUT2D eigenvalue weighted by Crippen LogP contribution is -2.30. The van der Waals surface area contributed by atoms with E-state index in [0.717, 1.165) is 18.6 Å². The topological polar surface area (TPSA) is 49.9 Å². The number of rotatable bonds is 8. The Morgan fingerprint density at radius 2 is 1.95 bits per heavy atom. The van der Waals surface area contributed by atoms with E-state index in [0.29, 0.717) is 5.84 Å². The Kier molecular flexibility index (Phi) is 6.43. The maximum Gasteiger partial charge on any atom is 0.0963 e. The van der Waals surface area contributed by atoms with Gasteiger partial charge in [0.25, 0.3) is 0 Å². The monoisotopic (exact) mass is 278 g/mol. The fourth-order valence-corrected chi connectivity index (χ4v) is 2.96. The van der Waals surface area contributed by atoms with E-state index in [1.54, 1.807) is 0 Å². The molecule has 0 unspecified atom stereocenters. The minimum Gasteiger partial charge on any atom is -0.387 e. The van der Waals surface area contributed by atoms with Crippen molar-refractivity contribution in [3.63, 3.8) is 0 Å². The molecule has 0 fully saturated rings. The van der Waals surface area contributed by atoms with E-state index in [1.165, 1.54) is 23.3 Å². The zero-order chi connectivity index (χ0) is 14.3. The molecule has 3 heteroatoms. The van der Waals surface area contributed by atoms with Crippen molar-refractivity contribution in [2.45, 2.75) is 45.8 Å². The van der Waals surface area contributed by atoms with Gasteiger partial charge in [0.1, 0.15) is 0 Å². The third-order valence-electron chi connectivity index (χ3n) is 3.59. The van der Waals surface area contributed by atoms with E-state index < -0.39 is 0 Å². The standard InChI is InChI=1S/C16H26N2S/c1-13-8-4-5-9-14(13)12-19-11-7-6-10-16(2,3)15(17)18/h4-5,8-9H,6-7,10-12H2,1-3H3,(H3,17,18). The third kappa shape index (κ3) is 5.68. The summed E-state index contributed by atoms with van der Waals surface area (Å²) < 4.78 is 0. The number of nitrogens with one attached hydrogen (secondary N) is 1. The SMILES string of the molecule is Cc1ccccc1CSCCCCC(C)(C)C(=N)N. The Balaban J connectivity index is 2.16. The van der Waals surface area contributed by atoms with Gasteiger partial charge in [-0.1, -0.05) is 44.5 Å². The van der Waals surface area contributed by atoms with Gasteiger partial charge < -0.3 is 5.73 Å². The number of nitrogens with two attached hydrogens (primary N) is 1.